The summed E-state index contributed by atoms with van der Waals surface area (Å²) in [5.74, 6) is -5.67. The van der Waals surface area contributed by atoms with Crippen LogP contribution in [0.2, 0.25) is 0 Å². The highest BCUT2D eigenvalue weighted by molar-refractivity contribution is 5.97. The third-order valence-corrected chi connectivity index (χ3v) is 5.05. The number of carbonyl (C=O) groups is 2. The van der Waals surface area contributed by atoms with Gasteiger partial charge in [0.2, 0.25) is 0 Å². The van der Waals surface area contributed by atoms with E-state index in [1.165, 1.54) is 19.1 Å². The average molecular weight is 487 g/mol. The number of alkyl halides is 3. The van der Waals surface area contributed by atoms with Crippen molar-refractivity contribution in [2.24, 2.45) is 0 Å². The molecule has 12 heteroatoms. The number of amides is 1. The monoisotopic (exact) mass is 487 g/mol. The van der Waals surface area contributed by atoms with E-state index in [4.69, 9.17) is 4.74 Å². The number of hydrogen-bond acceptors (Lipinski definition) is 6. The van der Waals surface area contributed by atoms with Gasteiger partial charge < -0.3 is 20.2 Å². The lowest BCUT2D eigenvalue weighted by atomic mass is 10.1. The molecule has 1 fully saturated rings. The predicted molar refractivity (Wildman–Crippen MR) is 112 cm³/mol. The van der Waals surface area contributed by atoms with Crippen molar-refractivity contribution in [3.63, 3.8) is 0 Å². The molecule has 1 aliphatic heterocycles. The zero-order valence-corrected chi connectivity index (χ0v) is 18.0. The maximum atomic E-state index is 13.4. The first-order chi connectivity index (χ1) is 16.1. The quantitative estimate of drug-likeness (QED) is 0.476. The summed E-state index contributed by atoms with van der Waals surface area (Å²) >= 11 is 0. The van der Waals surface area contributed by atoms with E-state index in [-0.39, 0.29) is 28.1 Å². The SMILES string of the molecule is Cc1c(OC2CCNCC2)cccc1N(OC(=O)C(F)(F)F)C(=O)CNc1ccc(F)c(F)c1. The average Bonchev–Trinajstić information content (AvgIpc) is 2.79. The van der Waals surface area contributed by atoms with E-state index in [0.717, 1.165) is 31.3 Å². The number of benzene rings is 2. The van der Waals surface area contributed by atoms with Crippen LogP contribution in [0.5, 0.6) is 5.75 Å². The van der Waals surface area contributed by atoms with Crippen molar-refractivity contribution in [1.82, 2.24) is 5.32 Å². The van der Waals surface area contributed by atoms with E-state index >= 15 is 0 Å². The zero-order chi connectivity index (χ0) is 24.9. The van der Waals surface area contributed by atoms with Gasteiger partial charge in [0.05, 0.1) is 12.2 Å². The Morgan fingerprint density at radius 3 is 2.47 bits per heavy atom. The largest absolute Gasteiger partial charge is 0.493 e. The topological polar surface area (TPSA) is 79.9 Å². The van der Waals surface area contributed by atoms with E-state index in [0.29, 0.717) is 18.6 Å². The van der Waals surface area contributed by atoms with Crippen LogP contribution in [-0.2, 0) is 14.4 Å². The molecule has 0 unspecified atom stereocenters. The lowest BCUT2D eigenvalue weighted by Crippen LogP contribution is -2.41. The van der Waals surface area contributed by atoms with Gasteiger partial charge in [-0.15, -0.1) is 5.06 Å². The summed E-state index contributed by atoms with van der Waals surface area (Å²) in [6.07, 6.45) is -4.06. The van der Waals surface area contributed by atoms with Gasteiger partial charge in [-0.25, -0.2) is 13.6 Å². The highest BCUT2D eigenvalue weighted by Crippen LogP contribution is 2.31. The molecule has 7 nitrogen and oxygen atoms in total. The number of ether oxygens (including phenoxy) is 1. The van der Waals surface area contributed by atoms with Crippen molar-refractivity contribution in [3.8, 4) is 5.75 Å². The van der Waals surface area contributed by atoms with Gasteiger partial charge in [0, 0.05) is 17.3 Å². The Balaban J connectivity index is 1.84. The molecule has 0 bridgehead atoms. The Bertz CT molecular complexity index is 1040. The maximum Gasteiger partial charge on any atom is 0.493 e. The minimum Gasteiger partial charge on any atom is -0.490 e. The second kappa shape index (κ2) is 10.7. The van der Waals surface area contributed by atoms with Crippen molar-refractivity contribution in [1.29, 1.82) is 0 Å². The number of halogens is 5. The summed E-state index contributed by atoms with van der Waals surface area (Å²) < 4.78 is 71.1. The molecule has 1 amide bonds. The van der Waals surface area contributed by atoms with Crippen LogP contribution < -0.4 is 20.4 Å². The number of rotatable bonds is 6. The highest BCUT2D eigenvalue weighted by Gasteiger charge is 2.44. The van der Waals surface area contributed by atoms with Gasteiger partial charge in [-0.2, -0.15) is 13.2 Å². The van der Waals surface area contributed by atoms with Crippen LogP contribution in [0.3, 0.4) is 0 Å². The number of anilines is 2. The number of carbonyl (C=O) groups excluding carboxylic acids is 2. The molecule has 1 aliphatic rings. The number of hydrogen-bond donors (Lipinski definition) is 2. The first-order valence-corrected chi connectivity index (χ1v) is 10.3. The fourth-order valence-corrected chi connectivity index (χ4v) is 3.27. The zero-order valence-electron chi connectivity index (χ0n) is 18.0. The number of piperidine rings is 1. The summed E-state index contributed by atoms with van der Waals surface area (Å²) in [5, 5.41) is 5.86. The van der Waals surface area contributed by atoms with Crippen LogP contribution in [0.15, 0.2) is 36.4 Å². The molecule has 0 saturated carbocycles. The minimum absolute atomic E-state index is 0.00550. The smallest absolute Gasteiger partial charge is 0.490 e. The molecule has 0 spiro atoms. The number of nitrogens with one attached hydrogen (secondary N) is 2. The Hall–Kier alpha value is -3.41. The van der Waals surface area contributed by atoms with Gasteiger partial charge in [0.15, 0.2) is 11.6 Å². The van der Waals surface area contributed by atoms with E-state index < -0.39 is 36.2 Å². The van der Waals surface area contributed by atoms with Crippen LogP contribution >= 0.6 is 0 Å². The molecule has 1 saturated heterocycles. The van der Waals surface area contributed by atoms with Crippen LogP contribution in [-0.4, -0.2) is 43.8 Å². The summed E-state index contributed by atoms with van der Waals surface area (Å²) in [6.45, 7) is 2.31. The molecule has 2 aromatic carbocycles. The molecule has 0 aliphatic carbocycles. The second-order valence-electron chi connectivity index (χ2n) is 7.51. The van der Waals surface area contributed by atoms with Crippen molar-refractivity contribution < 1.29 is 41.1 Å². The van der Waals surface area contributed by atoms with Crippen LogP contribution in [0.4, 0.5) is 33.3 Å². The van der Waals surface area contributed by atoms with Gasteiger partial charge in [0.1, 0.15) is 11.9 Å². The molecule has 0 radical (unpaired) electrons. The van der Waals surface area contributed by atoms with Crippen LogP contribution in [0.1, 0.15) is 18.4 Å². The molecular weight excluding hydrogens is 465 g/mol. The Morgan fingerprint density at radius 2 is 1.82 bits per heavy atom. The second-order valence-corrected chi connectivity index (χ2v) is 7.51. The summed E-state index contributed by atoms with van der Waals surface area (Å²) in [5.41, 5.74) is 0.132. The molecule has 184 valence electrons. The van der Waals surface area contributed by atoms with Crippen LogP contribution in [0, 0.1) is 18.6 Å². The third kappa shape index (κ3) is 6.34. The van der Waals surface area contributed by atoms with Gasteiger partial charge in [-0.05, 0) is 57.1 Å². The van der Waals surface area contributed by atoms with Gasteiger partial charge >= 0.3 is 12.1 Å². The van der Waals surface area contributed by atoms with E-state index in [1.54, 1.807) is 6.07 Å². The molecule has 0 atom stereocenters. The lowest BCUT2D eigenvalue weighted by molar-refractivity contribution is -0.201. The maximum absolute atomic E-state index is 13.4. The molecule has 2 aromatic rings. The minimum atomic E-state index is -5.36. The standard InChI is InChI=1S/C22H22F5N3O4/c1-13-18(3-2-4-19(13)33-15-7-9-28-10-8-15)30(34-21(32)22(25,26)27)20(31)12-29-14-5-6-16(23)17(24)11-14/h2-6,11,15,28-29H,7-10,12H2,1H3. The van der Waals surface area contributed by atoms with Crippen molar-refractivity contribution >= 4 is 23.3 Å². The Morgan fingerprint density at radius 1 is 1.12 bits per heavy atom. The predicted octanol–water partition coefficient (Wildman–Crippen LogP) is 3.87. The summed E-state index contributed by atoms with van der Waals surface area (Å²) in [4.78, 5) is 28.7. The summed E-state index contributed by atoms with van der Waals surface area (Å²) in [7, 11) is 0. The Labute approximate surface area is 191 Å². The molecular formula is C22H22F5N3O4. The fourth-order valence-electron chi connectivity index (χ4n) is 3.27. The van der Waals surface area contributed by atoms with Gasteiger partial charge in [-0.3, -0.25) is 4.79 Å². The van der Waals surface area contributed by atoms with Crippen molar-refractivity contribution in [3.05, 3.63) is 53.6 Å². The first kappa shape index (κ1) is 25.2. The lowest BCUT2D eigenvalue weighted by Gasteiger charge is -2.27. The fraction of sp³-hybridized carbons (Fsp3) is 0.364. The molecule has 2 N–H and O–H groups in total. The number of hydroxylamine groups is 1. The summed E-state index contributed by atoms with van der Waals surface area (Å²) in [6, 6.07) is 7.06. The van der Waals surface area contributed by atoms with Crippen LogP contribution in [0.25, 0.3) is 0 Å². The van der Waals surface area contributed by atoms with Crippen molar-refractivity contribution in [2.45, 2.75) is 32.0 Å². The van der Waals surface area contributed by atoms with Gasteiger partial charge in [-0.1, -0.05) is 6.07 Å². The van der Waals surface area contributed by atoms with E-state index in [2.05, 4.69) is 15.5 Å². The van der Waals surface area contributed by atoms with Crippen molar-refractivity contribution in [2.75, 3.05) is 30.0 Å². The molecule has 1 heterocycles. The normalized spacial score (nSPS) is 14.4. The third-order valence-electron chi connectivity index (χ3n) is 5.05. The first-order valence-electron chi connectivity index (χ1n) is 10.3. The Kier molecular flexibility index (Phi) is 7.92. The molecule has 0 aromatic heterocycles. The highest BCUT2D eigenvalue weighted by atomic mass is 19.4. The van der Waals surface area contributed by atoms with E-state index in [1.807, 2.05) is 0 Å². The molecule has 34 heavy (non-hydrogen) atoms. The van der Waals surface area contributed by atoms with E-state index in [9.17, 15) is 31.5 Å². The number of nitrogens with zero attached hydrogens (tertiary/aromatic N) is 1. The van der Waals surface area contributed by atoms with Gasteiger partial charge in [0.25, 0.3) is 5.91 Å². The molecule has 3 rings (SSSR count).